The number of hydrogen-bond donors (Lipinski definition) is 2. The van der Waals surface area contributed by atoms with Gasteiger partial charge in [0.15, 0.2) is 10.4 Å². The third-order valence-corrected chi connectivity index (χ3v) is 2.80. The molecule has 1 aromatic heterocycles. The van der Waals surface area contributed by atoms with E-state index in [9.17, 15) is 9.59 Å². The fraction of sp³-hybridized carbons (Fsp3) is 0.333. The van der Waals surface area contributed by atoms with Crippen molar-refractivity contribution in [3.05, 3.63) is 17.5 Å². The van der Waals surface area contributed by atoms with Crippen molar-refractivity contribution in [2.45, 2.75) is 24.3 Å². The van der Waals surface area contributed by atoms with Gasteiger partial charge in [-0.3, -0.25) is 9.59 Å². The minimum Gasteiger partial charge on any atom is -0.368 e. The first-order valence-electron chi connectivity index (χ1n) is 4.47. The highest BCUT2D eigenvalue weighted by molar-refractivity contribution is 8.01. The lowest BCUT2D eigenvalue weighted by molar-refractivity contribution is -0.125. The van der Waals surface area contributed by atoms with Gasteiger partial charge in [-0.25, -0.2) is 9.97 Å². The molecule has 0 atom stereocenters. The number of amides is 2. The Morgan fingerprint density at radius 3 is 2.00 bits per heavy atom. The van der Waals surface area contributed by atoms with Gasteiger partial charge in [-0.05, 0) is 19.9 Å². The molecule has 0 unspecified atom stereocenters. The normalized spacial score (nSPS) is 10.4. The van der Waals surface area contributed by atoms with Gasteiger partial charge in [0.1, 0.15) is 0 Å². The molecular weight excluding hydrogens is 228 g/mol. The van der Waals surface area contributed by atoms with Crippen molar-refractivity contribution in [2.24, 2.45) is 11.5 Å². The van der Waals surface area contributed by atoms with Crippen LogP contribution < -0.4 is 11.5 Å². The van der Waals surface area contributed by atoms with Crippen LogP contribution in [0.3, 0.4) is 0 Å². The number of primary amides is 2. The van der Waals surface area contributed by atoms with E-state index in [1.54, 1.807) is 19.9 Å². The van der Waals surface area contributed by atoms with Gasteiger partial charge in [-0.1, -0.05) is 11.8 Å². The van der Waals surface area contributed by atoms with Gasteiger partial charge < -0.3 is 11.5 Å². The topological polar surface area (TPSA) is 112 Å². The molecule has 0 aromatic carbocycles. The molecule has 0 saturated heterocycles. The first kappa shape index (κ1) is 12.4. The highest BCUT2D eigenvalue weighted by Gasteiger charge is 2.24. The third kappa shape index (κ3) is 3.20. The van der Waals surface area contributed by atoms with Crippen molar-refractivity contribution in [1.82, 2.24) is 9.97 Å². The summed E-state index contributed by atoms with van der Waals surface area (Å²) < 4.78 is 0. The zero-order valence-electron chi connectivity index (χ0n) is 8.93. The molecule has 86 valence electrons. The summed E-state index contributed by atoms with van der Waals surface area (Å²) in [6.07, 6.45) is 0. The molecular formula is C9H12N4O2S. The average molecular weight is 240 g/mol. The van der Waals surface area contributed by atoms with E-state index in [1.165, 1.54) is 0 Å². The summed E-state index contributed by atoms with van der Waals surface area (Å²) in [5.74, 6) is -1.58. The largest absolute Gasteiger partial charge is 0.368 e. The van der Waals surface area contributed by atoms with Gasteiger partial charge in [-0.2, -0.15) is 0 Å². The van der Waals surface area contributed by atoms with Crippen LogP contribution in [0.2, 0.25) is 0 Å². The molecule has 16 heavy (non-hydrogen) atoms. The van der Waals surface area contributed by atoms with E-state index in [-0.39, 0.29) is 0 Å². The van der Waals surface area contributed by atoms with Gasteiger partial charge in [0.2, 0.25) is 11.8 Å². The summed E-state index contributed by atoms with van der Waals surface area (Å²) >= 11 is 0.862. The molecule has 4 N–H and O–H groups in total. The Morgan fingerprint density at radius 2 is 1.62 bits per heavy atom. The fourth-order valence-electron chi connectivity index (χ4n) is 1.11. The van der Waals surface area contributed by atoms with Crippen molar-refractivity contribution in [1.29, 1.82) is 0 Å². The van der Waals surface area contributed by atoms with Gasteiger partial charge >= 0.3 is 0 Å². The summed E-state index contributed by atoms with van der Waals surface area (Å²) in [6, 6.07) is 1.79. The summed E-state index contributed by atoms with van der Waals surface area (Å²) in [6.45, 7) is 3.59. The summed E-state index contributed by atoms with van der Waals surface area (Å²) in [4.78, 5) is 30.1. The molecule has 1 rings (SSSR count). The van der Waals surface area contributed by atoms with Crippen LogP contribution in [0.4, 0.5) is 0 Å². The molecule has 1 aromatic rings. The quantitative estimate of drug-likeness (QED) is 0.419. The lowest BCUT2D eigenvalue weighted by atomic mass is 10.4. The lowest BCUT2D eigenvalue weighted by Gasteiger charge is -2.08. The van der Waals surface area contributed by atoms with Crippen LogP contribution >= 0.6 is 11.8 Å². The number of nitrogens with zero attached hydrogens (tertiary/aromatic N) is 2. The predicted octanol–water partition coefficient (Wildman–Crippen LogP) is -0.475. The zero-order chi connectivity index (χ0) is 12.3. The highest BCUT2D eigenvalue weighted by Crippen LogP contribution is 2.19. The second-order valence-electron chi connectivity index (χ2n) is 3.24. The summed E-state index contributed by atoms with van der Waals surface area (Å²) in [5, 5.41) is -0.818. The molecule has 0 aliphatic heterocycles. The van der Waals surface area contributed by atoms with E-state index in [4.69, 9.17) is 11.5 Å². The van der Waals surface area contributed by atoms with Crippen LogP contribution in [0.15, 0.2) is 11.2 Å². The molecule has 0 bridgehead atoms. The Hall–Kier alpha value is -1.63. The van der Waals surface area contributed by atoms with Crippen molar-refractivity contribution in [3.63, 3.8) is 0 Å². The summed E-state index contributed by atoms with van der Waals surface area (Å²) in [5.41, 5.74) is 11.6. The Balaban J connectivity index is 2.93. The first-order chi connectivity index (χ1) is 7.40. The third-order valence-electron chi connectivity index (χ3n) is 1.70. The molecule has 0 spiro atoms. The van der Waals surface area contributed by atoms with Crippen LogP contribution in [0.5, 0.6) is 0 Å². The zero-order valence-corrected chi connectivity index (χ0v) is 9.75. The SMILES string of the molecule is Cc1cc(C)nc(SC(C(N)=O)C(N)=O)n1. The van der Waals surface area contributed by atoms with Gasteiger partial charge in [0, 0.05) is 11.4 Å². The molecule has 0 aliphatic rings. The monoisotopic (exact) mass is 240 g/mol. The van der Waals surface area contributed by atoms with Gasteiger partial charge in [-0.15, -0.1) is 0 Å². The van der Waals surface area contributed by atoms with Crippen LogP contribution in [0, 0.1) is 13.8 Å². The standard InChI is InChI=1S/C9H12N4O2S/c1-4-3-5(2)13-9(12-4)16-6(7(10)14)8(11)15/h3,6H,1-2H3,(H2,10,14)(H2,11,15). The molecule has 0 saturated carbocycles. The van der Waals surface area contributed by atoms with Gasteiger partial charge in [0.25, 0.3) is 0 Å². The Kier molecular flexibility index (Phi) is 3.83. The maximum Gasteiger partial charge on any atom is 0.240 e. The second-order valence-corrected chi connectivity index (χ2v) is 4.31. The number of carbonyl (C=O) groups excluding carboxylic acids is 2. The number of carbonyl (C=O) groups is 2. The molecule has 0 radical (unpaired) electrons. The van der Waals surface area contributed by atoms with E-state index in [1.807, 2.05) is 0 Å². The van der Waals surface area contributed by atoms with Crippen molar-refractivity contribution >= 4 is 23.6 Å². The molecule has 0 aliphatic carbocycles. The molecule has 2 amide bonds. The minimum atomic E-state index is -1.14. The fourth-order valence-corrected chi connectivity index (χ4v) is 1.94. The van der Waals surface area contributed by atoms with E-state index in [0.29, 0.717) is 5.16 Å². The molecule has 1 heterocycles. The van der Waals surface area contributed by atoms with E-state index in [2.05, 4.69) is 9.97 Å². The van der Waals surface area contributed by atoms with Crippen molar-refractivity contribution < 1.29 is 9.59 Å². The smallest absolute Gasteiger partial charge is 0.240 e. The van der Waals surface area contributed by atoms with E-state index < -0.39 is 17.1 Å². The van der Waals surface area contributed by atoms with E-state index in [0.717, 1.165) is 23.1 Å². The van der Waals surface area contributed by atoms with E-state index >= 15 is 0 Å². The average Bonchev–Trinajstić information content (AvgIpc) is 2.11. The number of thioether (sulfide) groups is 1. The van der Waals surface area contributed by atoms with Crippen LogP contribution in [0.25, 0.3) is 0 Å². The van der Waals surface area contributed by atoms with Crippen LogP contribution in [0.1, 0.15) is 11.4 Å². The van der Waals surface area contributed by atoms with Crippen LogP contribution in [-0.2, 0) is 9.59 Å². The van der Waals surface area contributed by atoms with Crippen molar-refractivity contribution in [2.75, 3.05) is 0 Å². The lowest BCUT2D eigenvalue weighted by Crippen LogP contribution is -2.37. The Morgan fingerprint density at radius 1 is 1.19 bits per heavy atom. The highest BCUT2D eigenvalue weighted by atomic mass is 32.2. The predicted molar refractivity (Wildman–Crippen MR) is 59.5 cm³/mol. The number of aromatic nitrogens is 2. The van der Waals surface area contributed by atoms with Crippen molar-refractivity contribution in [3.8, 4) is 0 Å². The number of hydrogen-bond acceptors (Lipinski definition) is 5. The molecule has 0 fully saturated rings. The number of nitrogens with two attached hydrogens (primary N) is 2. The first-order valence-corrected chi connectivity index (χ1v) is 5.35. The van der Waals surface area contributed by atoms with Crippen LogP contribution in [-0.4, -0.2) is 27.0 Å². The maximum absolute atomic E-state index is 11.0. The summed E-state index contributed by atoms with van der Waals surface area (Å²) in [7, 11) is 0. The second kappa shape index (κ2) is 4.93. The number of rotatable bonds is 4. The molecule has 6 nitrogen and oxygen atoms in total. The van der Waals surface area contributed by atoms with Gasteiger partial charge in [0.05, 0.1) is 0 Å². The Bertz CT molecular complexity index is 401. The maximum atomic E-state index is 11.0. The molecule has 7 heteroatoms. The number of aryl methyl sites for hydroxylation is 2. The Labute approximate surface area is 96.8 Å². The minimum absolute atomic E-state index is 0.320.